The summed E-state index contributed by atoms with van der Waals surface area (Å²) in [5.74, 6) is 1.34. The Morgan fingerprint density at radius 2 is 2.16 bits per heavy atom. The quantitative estimate of drug-likeness (QED) is 0.255. The summed E-state index contributed by atoms with van der Waals surface area (Å²) >= 11 is 0. The number of hydrogen-bond acceptors (Lipinski definition) is 7. The van der Waals surface area contributed by atoms with Crippen LogP contribution in [0.2, 0.25) is 0 Å². The highest BCUT2D eigenvalue weighted by atomic mass is 31.2. The fraction of sp³-hybridized carbons (Fsp3) is 0.429. The van der Waals surface area contributed by atoms with E-state index in [1.165, 1.54) is 29.1 Å². The Balaban J connectivity index is 2.06. The van der Waals surface area contributed by atoms with Crippen LogP contribution in [0.15, 0.2) is 24.5 Å². The van der Waals surface area contributed by atoms with Crippen LogP contribution >= 0.6 is 7.82 Å². The Morgan fingerprint density at radius 3 is 2.80 bits per heavy atom. The van der Waals surface area contributed by atoms with Gasteiger partial charge in [0.15, 0.2) is 18.5 Å². The zero-order chi connectivity index (χ0) is 18.6. The van der Waals surface area contributed by atoms with Gasteiger partial charge in [0.2, 0.25) is 0 Å². The highest BCUT2D eigenvalue weighted by molar-refractivity contribution is 7.47. The van der Waals surface area contributed by atoms with Crippen LogP contribution in [0.25, 0.3) is 0 Å². The molecular formula is C14H18N2O8P+. The molecule has 1 unspecified atom stereocenters. The highest BCUT2D eigenvalue weighted by Gasteiger charge is 2.49. The summed E-state index contributed by atoms with van der Waals surface area (Å²) in [6, 6.07) is 2.99. The molecule has 2 heterocycles. The van der Waals surface area contributed by atoms with Gasteiger partial charge in [-0.25, -0.2) is 4.57 Å². The monoisotopic (exact) mass is 373 g/mol. The van der Waals surface area contributed by atoms with Crippen molar-refractivity contribution in [1.29, 1.82) is 0 Å². The largest absolute Gasteiger partial charge is 0.473 e. The SMILES string of the molecule is C#CCOP(=O)(O)OC[C@H]1O[C@@H]([n+]2cccc(C(N)=O)c2)[C@H](O)[C@@H]1O. The lowest BCUT2D eigenvalue weighted by atomic mass is 10.1. The first-order valence-electron chi connectivity index (χ1n) is 7.12. The number of hydrogen-bond donors (Lipinski definition) is 4. The van der Waals surface area contributed by atoms with E-state index in [1.807, 2.05) is 5.92 Å². The second-order valence-corrected chi connectivity index (χ2v) is 6.65. The molecule has 1 amide bonds. The van der Waals surface area contributed by atoms with Crippen molar-refractivity contribution in [3.8, 4) is 12.3 Å². The van der Waals surface area contributed by atoms with Gasteiger partial charge in [-0.05, 0) is 6.07 Å². The molecule has 1 aromatic rings. The molecule has 0 saturated carbocycles. The van der Waals surface area contributed by atoms with E-state index in [2.05, 4.69) is 4.52 Å². The molecule has 1 aliphatic heterocycles. The summed E-state index contributed by atoms with van der Waals surface area (Å²) in [6.45, 7) is -0.952. The number of nitrogens with zero attached hydrogens (tertiary/aromatic N) is 1. The standard InChI is InChI=1S/C14H17N2O8P/c1-2-6-22-25(20,21)23-8-10-11(17)12(18)14(24-10)16-5-3-4-9(7-16)13(15)19/h1,3-5,7,10-12,14,17-18H,6,8H2,(H2-,15,19,20,21)/p+1/t10-,11-,12-,14-/m1/s1. The van der Waals surface area contributed by atoms with Gasteiger partial charge in [-0.1, -0.05) is 5.92 Å². The maximum absolute atomic E-state index is 11.5. The minimum atomic E-state index is -4.40. The zero-order valence-electron chi connectivity index (χ0n) is 13.0. The fourth-order valence-corrected chi connectivity index (χ4v) is 2.88. The molecule has 11 heteroatoms. The Hall–Kier alpha value is -1.83. The molecule has 0 radical (unpaired) electrons. The normalized spacial score (nSPS) is 28.2. The third-order valence-corrected chi connectivity index (χ3v) is 4.38. The second kappa shape index (κ2) is 8.03. The Labute approximate surface area is 143 Å². The van der Waals surface area contributed by atoms with Gasteiger partial charge < -0.3 is 25.6 Å². The maximum Gasteiger partial charge on any atom is 0.473 e. The van der Waals surface area contributed by atoms with Crippen molar-refractivity contribution in [3.05, 3.63) is 30.1 Å². The van der Waals surface area contributed by atoms with Crippen LogP contribution < -0.4 is 10.3 Å². The number of rotatable bonds is 7. The first kappa shape index (κ1) is 19.5. The lowest BCUT2D eigenvalue weighted by Gasteiger charge is -2.16. The number of nitrogens with two attached hydrogens (primary N) is 1. The van der Waals surface area contributed by atoms with Crippen molar-refractivity contribution in [3.63, 3.8) is 0 Å². The summed E-state index contributed by atoms with van der Waals surface area (Å²) in [7, 11) is -4.40. The Bertz CT molecular complexity index is 721. The van der Waals surface area contributed by atoms with E-state index >= 15 is 0 Å². The average molecular weight is 373 g/mol. The number of carbonyl (C=O) groups excluding carboxylic acids is 1. The van der Waals surface area contributed by atoms with E-state index in [9.17, 15) is 24.5 Å². The molecule has 136 valence electrons. The fourth-order valence-electron chi connectivity index (χ4n) is 2.23. The minimum absolute atomic E-state index is 0.176. The average Bonchev–Trinajstić information content (AvgIpc) is 2.87. The molecule has 10 nitrogen and oxygen atoms in total. The van der Waals surface area contributed by atoms with E-state index in [0.29, 0.717) is 0 Å². The number of pyridine rings is 1. The summed E-state index contributed by atoms with van der Waals surface area (Å²) < 4.78 is 27.5. The molecule has 0 bridgehead atoms. The van der Waals surface area contributed by atoms with Crippen molar-refractivity contribution in [2.75, 3.05) is 13.2 Å². The summed E-state index contributed by atoms with van der Waals surface area (Å²) in [6.07, 6.45) is 2.83. The molecular weight excluding hydrogens is 355 g/mol. The molecule has 25 heavy (non-hydrogen) atoms. The molecule has 0 aromatic carbocycles. The molecule has 1 aromatic heterocycles. The number of ether oxygens (including phenoxy) is 1. The van der Waals surface area contributed by atoms with Gasteiger partial charge in [0, 0.05) is 6.07 Å². The van der Waals surface area contributed by atoms with E-state index in [0.717, 1.165) is 0 Å². The second-order valence-electron chi connectivity index (χ2n) is 5.19. The molecule has 1 aliphatic rings. The van der Waals surface area contributed by atoms with Crippen LogP contribution in [0, 0.1) is 12.3 Å². The van der Waals surface area contributed by atoms with Crippen LogP contribution in [0.3, 0.4) is 0 Å². The third-order valence-electron chi connectivity index (χ3n) is 3.45. The van der Waals surface area contributed by atoms with Crippen molar-refractivity contribution in [2.24, 2.45) is 5.73 Å². The van der Waals surface area contributed by atoms with Crippen LogP contribution in [0.5, 0.6) is 0 Å². The Morgan fingerprint density at radius 1 is 1.44 bits per heavy atom. The molecule has 0 spiro atoms. The zero-order valence-corrected chi connectivity index (χ0v) is 13.9. The number of aliphatic hydroxyl groups is 2. The van der Waals surface area contributed by atoms with E-state index in [4.69, 9.17) is 21.4 Å². The van der Waals surface area contributed by atoms with E-state index < -0.39 is 51.5 Å². The molecule has 2 rings (SSSR count). The number of phosphoric acid groups is 1. The van der Waals surface area contributed by atoms with Gasteiger partial charge in [-0.15, -0.1) is 6.42 Å². The number of phosphoric ester groups is 1. The van der Waals surface area contributed by atoms with Gasteiger partial charge >= 0.3 is 7.82 Å². The minimum Gasteiger partial charge on any atom is -0.387 e. The van der Waals surface area contributed by atoms with Gasteiger partial charge in [-0.3, -0.25) is 13.8 Å². The van der Waals surface area contributed by atoms with Crippen molar-refractivity contribution in [2.45, 2.75) is 24.5 Å². The molecule has 1 fully saturated rings. The van der Waals surface area contributed by atoms with E-state index in [-0.39, 0.29) is 5.56 Å². The third kappa shape index (κ3) is 4.84. The smallest absolute Gasteiger partial charge is 0.387 e. The molecule has 1 saturated heterocycles. The van der Waals surface area contributed by atoms with Crippen molar-refractivity contribution in [1.82, 2.24) is 0 Å². The number of aliphatic hydroxyl groups excluding tert-OH is 2. The lowest BCUT2D eigenvalue weighted by Crippen LogP contribution is -2.46. The van der Waals surface area contributed by atoms with Gasteiger partial charge in [0.1, 0.15) is 24.4 Å². The molecule has 0 aliphatic carbocycles. The number of amides is 1. The number of primary amides is 1. The topological polar surface area (TPSA) is 152 Å². The molecule has 5 atom stereocenters. The predicted molar refractivity (Wildman–Crippen MR) is 81.6 cm³/mol. The van der Waals surface area contributed by atoms with Crippen LogP contribution in [-0.2, 0) is 18.3 Å². The van der Waals surface area contributed by atoms with Crippen molar-refractivity contribution >= 4 is 13.7 Å². The van der Waals surface area contributed by atoms with Gasteiger partial charge in [0.25, 0.3) is 12.1 Å². The van der Waals surface area contributed by atoms with Gasteiger partial charge in [-0.2, -0.15) is 4.57 Å². The predicted octanol–water partition coefficient (Wildman–Crippen LogP) is -1.54. The number of terminal acetylenes is 1. The lowest BCUT2D eigenvalue weighted by molar-refractivity contribution is -0.765. The number of carbonyl (C=O) groups is 1. The van der Waals surface area contributed by atoms with Crippen molar-refractivity contribution < 1.29 is 42.8 Å². The molecule has 5 N–H and O–H groups in total. The summed E-state index contributed by atoms with van der Waals surface area (Å²) in [4.78, 5) is 20.6. The number of aromatic nitrogens is 1. The van der Waals surface area contributed by atoms with Gasteiger partial charge in [0.05, 0.1) is 6.61 Å². The van der Waals surface area contributed by atoms with Crippen LogP contribution in [0.4, 0.5) is 0 Å². The maximum atomic E-state index is 11.5. The Kier molecular flexibility index (Phi) is 6.26. The summed E-state index contributed by atoms with van der Waals surface area (Å²) in [5, 5.41) is 20.2. The van der Waals surface area contributed by atoms with Crippen LogP contribution in [0.1, 0.15) is 16.6 Å². The van der Waals surface area contributed by atoms with E-state index in [1.54, 1.807) is 0 Å². The highest BCUT2D eigenvalue weighted by Crippen LogP contribution is 2.43. The van der Waals surface area contributed by atoms with Crippen LogP contribution in [-0.4, -0.2) is 52.5 Å². The summed E-state index contributed by atoms with van der Waals surface area (Å²) in [5.41, 5.74) is 5.37. The first-order chi connectivity index (χ1) is 11.7. The first-order valence-corrected chi connectivity index (χ1v) is 8.62.